The molecule has 0 saturated heterocycles. The van der Waals surface area contributed by atoms with E-state index in [4.69, 9.17) is 23.2 Å². The van der Waals surface area contributed by atoms with Gasteiger partial charge in [-0.05, 0) is 30.4 Å². The van der Waals surface area contributed by atoms with Crippen molar-refractivity contribution in [3.8, 4) is 0 Å². The number of hydrogen-bond donors (Lipinski definition) is 0. The molecule has 2 atom stereocenters. The van der Waals surface area contributed by atoms with Crippen molar-refractivity contribution in [3.63, 3.8) is 0 Å². The smallest absolute Gasteiger partial charge is 0.207 e. The lowest BCUT2D eigenvalue weighted by Gasteiger charge is -2.19. The highest BCUT2D eigenvalue weighted by atomic mass is 79.9. The molecule has 0 aliphatic heterocycles. The van der Waals surface area contributed by atoms with E-state index in [-0.39, 0.29) is 14.9 Å². The maximum absolute atomic E-state index is 12.5. The molecule has 1 aromatic carbocycles. The third kappa shape index (κ3) is 3.27. The molecule has 0 N–H and O–H groups in total. The molecule has 7 heteroatoms. The lowest BCUT2D eigenvalue weighted by molar-refractivity contribution is 0.445. The van der Waals surface area contributed by atoms with Crippen LogP contribution < -0.4 is 0 Å². The van der Waals surface area contributed by atoms with Gasteiger partial charge in [0.1, 0.15) is 4.90 Å². The van der Waals surface area contributed by atoms with Gasteiger partial charge in [0.2, 0.25) is 10.0 Å². The van der Waals surface area contributed by atoms with E-state index in [2.05, 4.69) is 22.9 Å². The monoisotopic (exact) mass is 385 g/mol. The number of rotatable bonds is 4. The van der Waals surface area contributed by atoms with Gasteiger partial charge in [0.25, 0.3) is 0 Å². The summed E-state index contributed by atoms with van der Waals surface area (Å²) in [5, 5.41) is 0.269. The first-order valence-corrected chi connectivity index (χ1v) is 8.83. The van der Waals surface area contributed by atoms with Crippen molar-refractivity contribution in [2.45, 2.75) is 18.2 Å². The molecule has 0 radical (unpaired) electrons. The van der Waals surface area contributed by atoms with Crippen molar-refractivity contribution in [2.75, 3.05) is 13.6 Å². The SMILES string of the molecule is CC1CC1CN(C)S(=O)(=O)c1c(Cl)cc(Br)cc1Cl. The zero-order valence-corrected chi connectivity index (χ0v) is 14.4. The van der Waals surface area contributed by atoms with E-state index in [9.17, 15) is 8.42 Å². The quantitative estimate of drug-likeness (QED) is 0.783. The van der Waals surface area contributed by atoms with Crippen LogP contribution >= 0.6 is 39.1 Å². The first-order valence-electron chi connectivity index (χ1n) is 5.84. The van der Waals surface area contributed by atoms with Crippen LogP contribution in [-0.4, -0.2) is 26.3 Å². The van der Waals surface area contributed by atoms with Gasteiger partial charge in [0.05, 0.1) is 10.0 Å². The van der Waals surface area contributed by atoms with Gasteiger partial charge in [0.15, 0.2) is 0 Å². The van der Waals surface area contributed by atoms with Gasteiger partial charge in [-0.15, -0.1) is 0 Å². The minimum absolute atomic E-state index is 0.0187. The van der Waals surface area contributed by atoms with E-state index in [0.717, 1.165) is 6.42 Å². The Labute approximate surface area is 132 Å². The zero-order valence-electron chi connectivity index (χ0n) is 10.5. The Morgan fingerprint density at radius 2 is 1.84 bits per heavy atom. The number of sulfonamides is 1. The maximum Gasteiger partial charge on any atom is 0.245 e. The van der Waals surface area contributed by atoms with Gasteiger partial charge in [-0.2, -0.15) is 0 Å². The van der Waals surface area contributed by atoms with Crippen molar-refractivity contribution in [3.05, 3.63) is 26.7 Å². The van der Waals surface area contributed by atoms with Crippen LogP contribution in [-0.2, 0) is 10.0 Å². The molecule has 1 aromatic rings. The summed E-state index contributed by atoms with van der Waals surface area (Å²) in [4.78, 5) is -0.0187. The van der Waals surface area contributed by atoms with Crippen molar-refractivity contribution in [1.29, 1.82) is 0 Å². The summed E-state index contributed by atoms with van der Waals surface area (Å²) in [6.45, 7) is 2.62. The first kappa shape index (κ1) is 15.6. The molecule has 1 saturated carbocycles. The Morgan fingerprint density at radius 1 is 1.37 bits per heavy atom. The van der Waals surface area contributed by atoms with Gasteiger partial charge in [-0.1, -0.05) is 46.1 Å². The average Bonchev–Trinajstić information content (AvgIpc) is 2.91. The summed E-state index contributed by atoms with van der Waals surface area (Å²) in [6.07, 6.45) is 1.07. The van der Waals surface area contributed by atoms with Crippen molar-refractivity contribution in [2.24, 2.45) is 11.8 Å². The number of nitrogens with zero attached hydrogens (tertiary/aromatic N) is 1. The molecule has 0 heterocycles. The molecule has 1 fully saturated rings. The molecule has 0 aromatic heterocycles. The fraction of sp³-hybridized carbons (Fsp3) is 0.500. The molecular weight excluding hydrogens is 373 g/mol. The summed E-state index contributed by atoms with van der Waals surface area (Å²) >= 11 is 15.3. The normalized spacial score (nSPS) is 22.8. The number of hydrogen-bond acceptors (Lipinski definition) is 2. The summed E-state index contributed by atoms with van der Waals surface area (Å²) in [6, 6.07) is 3.07. The predicted octanol–water partition coefficient (Wildman–Crippen LogP) is 4.03. The van der Waals surface area contributed by atoms with Crippen LogP contribution in [0.3, 0.4) is 0 Å². The molecule has 0 spiro atoms. The highest BCUT2D eigenvalue weighted by Crippen LogP contribution is 2.40. The number of halogens is 3. The second kappa shape index (κ2) is 5.53. The molecular formula is C12H14BrCl2NO2S. The van der Waals surface area contributed by atoms with Crippen molar-refractivity contribution >= 4 is 49.2 Å². The van der Waals surface area contributed by atoms with Crippen LogP contribution in [0.25, 0.3) is 0 Å². The Bertz CT molecular complexity index is 583. The van der Waals surface area contributed by atoms with Crippen LogP contribution in [0.5, 0.6) is 0 Å². The number of benzene rings is 1. The van der Waals surface area contributed by atoms with Crippen LogP contribution in [0.1, 0.15) is 13.3 Å². The zero-order chi connectivity index (χ0) is 14.4. The molecule has 2 unspecified atom stereocenters. The van der Waals surface area contributed by atoms with E-state index in [1.54, 1.807) is 7.05 Å². The van der Waals surface area contributed by atoms with Crippen LogP contribution in [0, 0.1) is 11.8 Å². The van der Waals surface area contributed by atoms with Crippen LogP contribution in [0.4, 0.5) is 0 Å². The summed E-state index contributed by atoms with van der Waals surface area (Å²) in [5.74, 6) is 1.03. The third-order valence-electron chi connectivity index (χ3n) is 3.40. The molecule has 1 aliphatic carbocycles. The standard InChI is InChI=1S/C12H14BrCl2NO2S/c1-7-3-8(7)6-16(2)19(17,18)12-10(14)4-9(13)5-11(12)15/h4-5,7-8H,3,6H2,1-2H3. The second-order valence-corrected chi connectivity index (χ2v) is 8.67. The molecule has 1 aliphatic rings. The van der Waals surface area contributed by atoms with Crippen molar-refractivity contribution < 1.29 is 8.42 Å². The summed E-state index contributed by atoms with van der Waals surface area (Å²) in [5.41, 5.74) is 0. The third-order valence-corrected chi connectivity index (χ3v) is 6.60. The fourth-order valence-electron chi connectivity index (χ4n) is 2.01. The topological polar surface area (TPSA) is 37.4 Å². The van der Waals surface area contributed by atoms with Crippen molar-refractivity contribution in [1.82, 2.24) is 4.31 Å². The van der Waals surface area contributed by atoms with Gasteiger partial charge >= 0.3 is 0 Å². The highest BCUT2D eigenvalue weighted by molar-refractivity contribution is 9.10. The Hall–Kier alpha value is 0.190. The van der Waals surface area contributed by atoms with Crippen LogP contribution in [0.15, 0.2) is 21.5 Å². The van der Waals surface area contributed by atoms with Gasteiger partial charge < -0.3 is 0 Å². The molecule has 19 heavy (non-hydrogen) atoms. The van der Waals surface area contributed by atoms with E-state index >= 15 is 0 Å². The Kier molecular flexibility index (Phi) is 4.53. The lowest BCUT2D eigenvalue weighted by atomic mass is 10.3. The van der Waals surface area contributed by atoms with E-state index in [0.29, 0.717) is 22.9 Å². The maximum atomic E-state index is 12.5. The summed E-state index contributed by atoms with van der Waals surface area (Å²) in [7, 11) is -2.08. The molecule has 3 nitrogen and oxygen atoms in total. The Morgan fingerprint density at radius 3 is 2.26 bits per heavy atom. The minimum Gasteiger partial charge on any atom is -0.207 e. The largest absolute Gasteiger partial charge is 0.245 e. The molecule has 0 bridgehead atoms. The molecule has 2 rings (SSSR count). The lowest BCUT2D eigenvalue weighted by Crippen LogP contribution is -2.29. The minimum atomic E-state index is -3.65. The van der Waals surface area contributed by atoms with Gasteiger partial charge in [-0.25, -0.2) is 12.7 Å². The highest BCUT2D eigenvalue weighted by Gasteiger charge is 2.37. The van der Waals surface area contributed by atoms with Gasteiger partial charge in [-0.3, -0.25) is 0 Å². The van der Waals surface area contributed by atoms with E-state index in [1.165, 1.54) is 16.4 Å². The fourth-order valence-corrected chi connectivity index (χ4v) is 5.12. The van der Waals surface area contributed by atoms with E-state index < -0.39 is 10.0 Å². The molecule has 0 amide bonds. The summed E-state index contributed by atoms with van der Waals surface area (Å²) < 4.78 is 27.0. The van der Waals surface area contributed by atoms with Gasteiger partial charge in [0, 0.05) is 18.1 Å². The Balaban J connectivity index is 2.33. The van der Waals surface area contributed by atoms with Crippen LogP contribution in [0.2, 0.25) is 10.0 Å². The van der Waals surface area contributed by atoms with E-state index in [1.807, 2.05) is 0 Å². The predicted molar refractivity (Wildman–Crippen MR) is 81.2 cm³/mol. The second-order valence-electron chi connectivity index (χ2n) is 4.96. The first-order chi connectivity index (χ1) is 8.73. The average molecular weight is 387 g/mol. The molecule has 106 valence electrons.